The summed E-state index contributed by atoms with van der Waals surface area (Å²) in [4.78, 5) is 8.34. The number of rotatable bonds is 8. The molecule has 2 aromatic carbocycles. The van der Waals surface area contributed by atoms with Gasteiger partial charge in [-0.25, -0.2) is 9.97 Å². The highest BCUT2D eigenvalue weighted by atomic mass is 19.4. The predicted molar refractivity (Wildman–Crippen MR) is 143 cm³/mol. The van der Waals surface area contributed by atoms with Crippen LogP contribution < -0.4 is 18.9 Å². The van der Waals surface area contributed by atoms with Crippen molar-refractivity contribution in [3.8, 4) is 62.7 Å². The molecule has 5 aromatic rings. The average molecular weight is 567 g/mol. The Balaban J connectivity index is 1.76. The van der Waals surface area contributed by atoms with Crippen molar-refractivity contribution in [1.82, 2.24) is 29.5 Å². The van der Waals surface area contributed by atoms with E-state index in [1.807, 2.05) is 0 Å². The molecule has 5 rings (SSSR count). The van der Waals surface area contributed by atoms with E-state index in [2.05, 4.69) is 20.2 Å². The molecule has 3 aromatic heterocycles. The smallest absolute Gasteiger partial charge is 0.433 e. The molecule has 0 unspecified atom stereocenters. The highest BCUT2D eigenvalue weighted by Gasteiger charge is 2.34. The maximum Gasteiger partial charge on any atom is 0.433 e. The minimum Gasteiger partial charge on any atom is -0.493 e. The molecule has 0 radical (unpaired) electrons. The van der Waals surface area contributed by atoms with E-state index in [0.717, 1.165) is 6.07 Å². The molecular formula is C28H25F3N6O4. The zero-order valence-corrected chi connectivity index (χ0v) is 22.7. The number of benzene rings is 2. The predicted octanol–water partition coefficient (Wildman–Crippen LogP) is 5.45. The standard InChI is InChI=1S/C28H25F3N6O4/c1-36-15-18(14-32-36)19-13-26(28(29,30)31)34-27(33-19)37-21(17-7-9-23(39-3)25(11-17)41-5)12-20(35-37)16-6-8-22(38-2)24(10-16)40-4/h6-15H,1-5H3. The number of hydrogen-bond donors (Lipinski definition) is 0. The largest absolute Gasteiger partial charge is 0.493 e. The van der Waals surface area contributed by atoms with Gasteiger partial charge in [-0.2, -0.15) is 28.1 Å². The Morgan fingerprint density at radius 1 is 0.683 bits per heavy atom. The number of aryl methyl sites for hydroxylation is 1. The van der Waals surface area contributed by atoms with Gasteiger partial charge < -0.3 is 18.9 Å². The number of ether oxygens (including phenoxy) is 4. The van der Waals surface area contributed by atoms with Crippen molar-refractivity contribution in [2.24, 2.45) is 7.05 Å². The van der Waals surface area contributed by atoms with E-state index in [1.54, 1.807) is 55.7 Å². The molecule has 0 fully saturated rings. The third kappa shape index (κ3) is 5.38. The fourth-order valence-corrected chi connectivity index (χ4v) is 4.25. The lowest BCUT2D eigenvalue weighted by atomic mass is 10.1. The molecule has 41 heavy (non-hydrogen) atoms. The van der Waals surface area contributed by atoms with Crippen LogP contribution in [0.2, 0.25) is 0 Å². The fourth-order valence-electron chi connectivity index (χ4n) is 4.25. The molecule has 212 valence electrons. The molecule has 13 heteroatoms. The maximum atomic E-state index is 14.0. The van der Waals surface area contributed by atoms with Crippen LogP contribution >= 0.6 is 0 Å². The summed E-state index contributed by atoms with van der Waals surface area (Å²) < 4.78 is 66.4. The van der Waals surface area contributed by atoms with Crippen LogP contribution in [-0.4, -0.2) is 58.0 Å². The molecule has 0 saturated carbocycles. The third-order valence-electron chi connectivity index (χ3n) is 6.26. The van der Waals surface area contributed by atoms with E-state index in [9.17, 15) is 13.2 Å². The van der Waals surface area contributed by atoms with E-state index in [4.69, 9.17) is 18.9 Å². The van der Waals surface area contributed by atoms with Gasteiger partial charge in [-0.15, -0.1) is 0 Å². The lowest BCUT2D eigenvalue weighted by molar-refractivity contribution is -0.141. The molecular weight excluding hydrogens is 541 g/mol. The van der Waals surface area contributed by atoms with Gasteiger partial charge in [-0.1, -0.05) is 0 Å². The lowest BCUT2D eigenvalue weighted by Crippen LogP contribution is -2.14. The molecule has 3 heterocycles. The van der Waals surface area contributed by atoms with Crippen LogP contribution in [0.4, 0.5) is 13.2 Å². The monoisotopic (exact) mass is 566 g/mol. The highest BCUT2D eigenvalue weighted by Crippen LogP contribution is 2.38. The SMILES string of the molecule is COc1ccc(-c2cc(-c3ccc(OC)c(OC)c3)n(-c3nc(-c4cnn(C)c4)cc(C(F)(F)F)n3)n2)cc1OC. The zero-order valence-electron chi connectivity index (χ0n) is 22.7. The highest BCUT2D eigenvalue weighted by molar-refractivity contribution is 5.73. The summed E-state index contributed by atoms with van der Waals surface area (Å²) in [5, 5.41) is 8.72. The summed E-state index contributed by atoms with van der Waals surface area (Å²) in [6.07, 6.45) is -1.74. The van der Waals surface area contributed by atoms with Gasteiger partial charge >= 0.3 is 6.18 Å². The quantitative estimate of drug-likeness (QED) is 0.245. The Labute approximate surface area is 232 Å². The van der Waals surface area contributed by atoms with Crippen LogP contribution in [0.15, 0.2) is 60.9 Å². The Morgan fingerprint density at radius 3 is 1.85 bits per heavy atom. The van der Waals surface area contributed by atoms with Crippen molar-refractivity contribution in [3.05, 3.63) is 66.6 Å². The Bertz CT molecular complexity index is 1710. The molecule has 10 nitrogen and oxygen atoms in total. The molecule has 0 saturated heterocycles. The molecule has 0 N–H and O–H groups in total. The number of hydrogen-bond acceptors (Lipinski definition) is 8. The number of alkyl halides is 3. The van der Waals surface area contributed by atoms with Gasteiger partial charge in [0.05, 0.1) is 51.7 Å². The van der Waals surface area contributed by atoms with E-state index in [1.165, 1.54) is 44.0 Å². The first-order valence-corrected chi connectivity index (χ1v) is 12.2. The van der Waals surface area contributed by atoms with Gasteiger partial charge in [0.15, 0.2) is 28.7 Å². The van der Waals surface area contributed by atoms with Crippen LogP contribution in [0, 0.1) is 0 Å². The number of nitrogens with zero attached hydrogens (tertiary/aromatic N) is 6. The Kier molecular flexibility index (Phi) is 7.26. The van der Waals surface area contributed by atoms with Crippen molar-refractivity contribution in [1.29, 1.82) is 0 Å². The van der Waals surface area contributed by atoms with Gasteiger partial charge in [0.25, 0.3) is 5.95 Å². The molecule has 0 aliphatic carbocycles. The zero-order chi connectivity index (χ0) is 29.3. The summed E-state index contributed by atoms with van der Waals surface area (Å²) in [5.74, 6) is 1.60. The van der Waals surface area contributed by atoms with Gasteiger partial charge in [0, 0.05) is 29.9 Å². The van der Waals surface area contributed by atoms with Crippen molar-refractivity contribution in [2.45, 2.75) is 6.18 Å². The van der Waals surface area contributed by atoms with Crippen molar-refractivity contribution in [2.75, 3.05) is 28.4 Å². The van der Waals surface area contributed by atoms with Crippen molar-refractivity contribution in [3.63, 3.8) is 0 Å². The topological polar surface area (TPSA) is 98.3 Å². The van der Waals surface area contributed by atoms with Gasteiger partial charge in [0.2, 0.25) is 0 Å². The molecule has 0 atom stereocenters. The second-order valence-corrected chi connectivity index (χ2v) is 8.81. The van der Waals surface area contributed by atoms with Crippen LogP contribution in [0.5, 0.6) is 23.0 Å². The average Bonchev–Trinajstić information content (AvgIpc) is 3.62. The first-order chi connectivity index (χ1) is 19.6. The minimum atomic E-state index is -4.74. The summed E-state index contributed by atoms with van der Waals surface area (Å²) >= 11 is 0. The summed E-state index contributed by atoms with van der Waals surface area (Å²) in [5.41, 5.74) is 1.35. The van der Waals surface area contributed by atoms with Crippen molar-refractivity contribution >= 4 is 0 Å². The van der Waals surface area contributed by atoms with Gasteiger partial charge in [-0.3, -0.25) is 4.68 Å². The molecule has 0 spiro atoms. The fraction of sp³-hybridized carbons (Fsp3) is 0.214. The van der Waals surface area contributed by atoms with Crippen LogP contribution in [0.1, 0.15) is 5.69 Å². The molecule has 0 bridgehead atoms. The second kappa shape index (κ2) is 10.8. The number of aromatic nitrogens is 6. The van der Waals surface area contributed by atoms with Crippen LogP contribution in [0.25, 0.3) is 39.7 Å². The van der Waals surface area contributed by atoms with E-state index < -0.39 is 11.9 Å². The lowest BCUT2D eigenvalue weighted by Gasteiger charge is -2.13. The Morgan fingerprint density at radius 2 is 1.29 bits per heavy atom. The van der Waals surface area contributed by atoms with E-state index in [-0.39, 0.29) is 11.6 Å². The second-order valence-electron chi connectivity index (χ2n) is 8.81. The number of methoxy groups -OCH3 is 4. The summed E-state index contributed by atoms with van der Waals surface area (Å²) in [6, 6.07) is 12.9. The normalized spacial score (nSPS) is 11.4. The molecule has 0 aliphatic rings. The first kappa shape index (κ1) is 27.5. The minimum absolute atomic E-state index is 0.0388. The third-order valence-corrected chi connectivity index (χ3v) is 6.26. The van der Waals surface area contributed by atoms with E-state index >= 15 is 0 Å². The summed E-state index contributed by atoms with van der Waals surface area (Å²) in [7, 11) is 7.68. The molecule has 0 aliphatic heterocycles. The Hall–Kier alpha value is -5.07. The van der Waals surface area contributed by atoms with Crippen LogP contribution in [0.3, 0.4) is 0 Å². The van der Waals surface area contributed by atoms with Gasteiger partial charge in [0.1, 0.15) is 0 Å². The van der Waals surface area contributed by atoms with Gasteiger partial charge in [-0.05, 0) is 48.5 Å². The molecule has 0 amide bonds. The summed E-state index contributed by atoms with van der Waals surface area (Å²) in [6.45, 7) is 0. The number of halogens is 3. The van der Waals surface area contributed by atoms with Crippen molar-refractivity contribution < 1.29 is 32.1 Å². The maximum absolute atomic E-state index is 14.0. The van der Waals surface area contributed by atoms with Crippen LogP contribution in [-0.2, 0) is 13.2 Å². The first-order valence-electron chi connectivity index (χ1n) is 12.2. The van der Waals surface area contributed by atoms with E-state index in [0.29, 0.717) is 51.1 Å².